The number of aromatic hydroxyl groups is 1. The largest absolute Gasteiger partial charge is 0.506 e. The number of phenolic OH excluding ortho intramolecular Hbond substituents is 1. The lowest BCUT2D eigenvalue weighted by atomic mass is 9.51. The van der Waals surface area contributed by atoms with Crippen molar-refractivity contribution in [1.29, 1.82) is 0 Å². The Morgan fingerprint density at radius 2 is 1.72 bits per heavy atom. The van der Waals surface area contributed by atoms with E-state index in [2.05, 4.69) is 19.9 Å². The molecule has 1 aromatic rings. The molecule has 1 unspecified atom stereocenters. The van der Waals surface area contributed by atoms with E-state index in [0.717, 1.165) is 12.0 Å². The number of ketones is 2. The number of benzene rings is 1. The lowest BCUT2D eigenvalue weighted by Gasteiger charge is -2.56. The summed E-state index contributed by atoms with van der Waals surface area (Å²) in [4.78, 5) is 41.1. The minimum absolute atomic E-state index is 0.0128. The molecule has 5 atom stereocenters. The Morgan fingerprint density at radius 3 is 2.37 bits per heavy atom. The zero-order chi connectivity index (χ0) is 33.6. The van der Waals surface area contributed by atoms with Crippen LogP contribution in [0.1, 0.15) is 103 Å². The van der Waals surface area contributed by atoms with Gasteiger partial charge in [-0.05, 0) is 93.2 Å². The molecule has 1 saturated heterocycles. The van der Waals surface area contributed by atoms with Crippen LogP contribution in [0.3, 0.4) is 0 Å². The minimum atomic E-state index is -1.57. The van der Waals surface area contributed by atoms with Crippen LogP contribution in [0, 0.1) is 11.8 Å². The second-order valence-corrected chi connectivity index (χ2v) is 14.8. The number of primary amides is 1. The van der Waals surface area contributed by atoms with Crippen LogP contribution >= 0.6 is 0 Å². The van der Waals surface area contributed by atoms with Gasteiger partial charge in [0.05, 0.1) is 11.2 Å². The molecule has 6 aliphatic rings. The van der Waals surface area contributed by atoms with Gasteiger partial charge in [0.1, 0.15) is 28.4 Å². The van der Waals surface area contributed by atoms with E-state index in [1.807, 2.05) is 52.8 Å². The highest BCUT2D eigenvalue weighted by molar-refractivity contribution is 6.19. The van der Waals surface area contributed by atoms with Crippen LogP contribution in [-0.2, 0) is 20.7 Å². The molecule has 4 bridgehead atoms. The zero-order valence-electron chi connectivity index (χ0n) is 28.1. The van der Waals surface area contributed by atoms with Crippen molar-refractivity contribution in [1.82, 2.24) is 0 Å². The van der Waals surface area contributed by atoms with Crippen molar-refractivity contribution in [2.75, 3.05) is 0 Å². The summed E-state index contributed by atoms with van der Waals surface area (Å²) in [5.41, 5.74) is 5.08. The summed E-state index contributed by atoms with van der Waals surface area (Å²) < 4.78 is 20.7. The molecule has 1 aromatic carbocycles. The number of allylic oxidation sites excluding steroid dienone is 5. The van der Waals surface area contributed by atoms with Crippen molar-refractivity contribution < 1.29 is 33.7 Å². The van der Waals surface area contributed by atoms with Gasteiger partial charge in [-0.2, -0.15) is 0 Å². The van der Waals surface area contributed by atoms with Gasteiger partial charge in [-0.25, -0.2) is 0 Å². The van der Waals surface area contributed by atoms with Gasteiger partial charge in [0, 0.05) is 35.0 Å². The van der Waals surface area contributed by atoms with Crippen molar-refractivity contribution in [3.63, 3.8) is 0 Å². The molecule has 8 nitrogen and oxygen atoms in total. The Morgan fingerprint density at radius 1 is 1.02 bits per heavy atom. The topological polar surface area (TPSA) is 125 Å². The third-order valence-corrected chi connectivity index (χ3v) is 10.5. The van der Waals surface area contributed by atoms with E-state index >= 15 is 0 Å². The highest BCUT2D eigenvalue weighted by Gasteiger charge is 2.81. The number of ether oxygens (including phenoxy) is 3. The molecule has 8 heteroatoms. The van der Waals surface area contributed by atoms with Gasteiger partial charge in [0.25, 0.3) is 0 Å². The third kappa shape index (κ3) is 4.47. The summed E-state index contributed by atoms with van der Waals surface area (Å²) in [6.07, 6.45) is 13.7. The molecule has 1 amide bonds. The smallest absolute Gasteiger partial charge is 0.244 e. The zero-order valence-corrected chi connectivity index (χ0v) is 28.1. The molecule has 2 fully saturated rings. The van der Waals surface area contributed by atoms with Crippen LogP contribution in [0.15, 0.2) is 52.7 Å². The molecule has 46 heavy (non-hydrogen) atoms. The summed E-state index contributed by atoms with van der Waals surface area (Å²) in [5, 5.41) is 11.8. The molecule has 244 valence electrons. The number of Topliss-reactive ketones (excluding diaryl/α,β-unsaturated/α-hetero) is 2. The van der Waals surface area contributed by atoms with E-state index in [0.29, 0.717) is 47.3 Å². The lowest BCUT2D eigenvalue weighted by molar-refractivity contribution is -0.171. The first-order chi connectivity index (χ1) is 21.5. The minimum Gasteiger partial charge on any atom is -0.506 e. The van der Waals surface area contributed by atoms with Crippen LogP contribution in [0.25, 0.3) is 6.08 Å². The number of carbonyl (C=O) groups is 3. The van der Waals surface area contributed by atoms with Gasteiger partial charge >= 0.3 is 0 Å². The summed E-state index contributed by atoms with van der Waals surface area (Å²) >= 11 is 0. The number of rotatable bonds is 8. The number of phenols is 1. The van der Waals surface area contributed by atoms with E-state index in [-0.39, 0.29) is 41.0 Å². The SMILES string of the molecule is CC(C)=CCC[C@]1(C)C=Cc2c(O)c3c(c(CC=C(C)C)c2O1)O[C@]12C(=CC4C[C@@H]1C(C)(C)O[C@@]2(CC=C(C)C(N)=O)C4=O)C3=O. The fourth-order valence-corrected chi connectivity index (χ4v) is 8.19. The van der Waals surface area contributed by atoms with Gasteiger partial charge < -0.3 is 25.1 Å². The van der Waals surface area contributed by atoms with E-state index in [1.165, 1.54) is 5.57 Å². The Kier molecular flexibility index (Phi) is 7.36. The maximum Gasteiger partial charge on any atom is 0.244 e. The van der Waals surface area contributed by atoms with Crippen molar-refractivity contribution in [3.8, 4) is 17.2 Å². The molecule has 3 aliphatic carbocycles. The predicted octanol–water partition coefficient (Wildman–Crippen LogP) is 6.64. The monoisotopic (exact) mass is 627 g/mol. The molecular weight excluding hydrogens is 582 g/mol. The average molecular weight is 628 g/mol. The average Bonchev–Trinajstić information content (AvgIpc) is 3.12. The van der Waals surface area contributed by atoms with E-state index < -0.39 is 34.2 Å². The quantitative estimate of drug-likeness (QED) is 0.245. The Labute approximate surface area is 271 Å². The molecule has 1 spiro atoms. The first-order valence-electron chi connectivity index (χ1n) is 16.2. The number of hydrogen-bond donors (Lipinski definition) is 2. The first-order valence-corrected chi connectivity index (χ1v) is 16.2. The van der Waals surface area contributed by atoms with Crippen molar-refractivity contribution in [3.05, 3.63) is 69.4 Å². The maximum absolute atomic E-state index is 14.7. The van der Waals surface area contributed by atoms with Crippen molar-refractivity contribution in [2.45, 2.75) is 110 Å². The van der Waals surface area contributed by atoms with Crippen LogP contribution in [0.2, 0.25) is 0 Å². The molecular formula is C38H45NO7. The Balaban J connectivity index is 1.59. The number of hydrogen-bond acceptors (Lipinski definition) is 7. The summed E-state index contributed by atoms with van der Waals surface area (Å²) in [6, 6.07) is 0. The molecule has 3 N–H and O–H groups in total. The van der Waals surface area contributed by atoms with Crippen molar-refractivity contribution >= 4 is 23.5 Å². The Bertz CT molecular complexity index is 1730. The summed E-state index contributed by atoms with van der Waals surface area (Å²) in [7, 11) is 0. The molecule has 0 aromatic heterocycles. The van der Waals surface area contributed by atoms with Crippen LogP contribution in [-0.4, -0.2) is 45.0 Å². The summed E-state index contributed by atoms with van der Waals surface area (Å²) in [6.45, 7) is 15.6. The van der Waals surface area contributed by atoms with E-state index in [1.54, 1.807) is 19.1 Å². The number of amides is 1. The molecule has 1 saturated carbocycles. The molecule has 3 aliphatic heterocycles. The highest BCUT2D eigenvalue weighted by atomic mass is 16.6. The number of fused-ring (bicyclic) bond motifs is 2. The maximum atomic E-state index is 14.7. The van der Waals surface area contributed by atoms with E-state index in [9.17, 15) is 19.5 Å². The molecule has 0 radical (unpaired) electrons. The van der Waals surface area contributed by atoms with Crippen LogP contribution in [0.5, 0.6) is 17.2 Å². The number of nitrogens with two attached hydrogens (primary N) is 1. The van der Waals surface area contributed by atoms with Gasteiger partial charge in [-0.3, -0.25) is 14.4 Å². The van der Waals surface area contributed by atoms with Gasteiger partial charge in [0.2, 0.25) is 5.91 Å². The second-order valence-electron chi connectivity index (χ2n) is 14.8. The second kappa shape index (κ2) is 10.6. The lowest BCUT2D eigenvalue weighted by Crippen LogP contribution is -2.72. The summed E-state index contributed by atoms with van der Waals surface area (Å²) in [5.74, 6) is -1.59. The van der Waals surface area contributed by atoms with Gasteiger partial charge in [0.15, 0.2) is 22.8 Å². The predicted molar refractivity (Wildman–Crippen MR) is 176 cm³/mol. The Hall–Kier alpha value is -3.91. The van der Waals surface area contributed by atoms with E-state index in [4.69, 9.17) is 19.9 Å². The standard InChI is InChI=1S/C38H45NO7/c1-20(2)10-9-15-36(8)16-14-24-29(40)28-30(41)26-18-23-19-27-35(6,7)46-37(33(23)42,17-13-22(5)34(39)43)38(26,27)45-32(28)25(31(24)44-36)12-11-21(3)4/h10-11,13-14,16,18,23,27,40H,9,12,15,17,19H2,1-8H3,(H2,39,43)/t23?,27-,36-,37+,38-/m1/s1. The molecule has 7 rings (SSSR count). The normalized spacial score (nSPS) is 31.2. The fraction of sp³-hybridized carbons (Fsp3) is 0.500. The van der Waals surface area contributed by atoms with Crippen LogP contribution in [0.4, 0.5) is 0 Å². The number of carbonyl (C=O) groups excluding carboxylic acids is 3. The van der Waals surface area contributed by atoms with Crippen molar-refractivity contribution in [2.24, 2.45) is 17.6 Å². The molecule has 3 heterocycles. The van der Waals surface area contributed by atoms with Gasteiger partial charge in [-0.15, -0.1) is 0 Å². The van der Waals surface area contributed by atoms with Crippen LogP contribution < -0.4 is 15.2 Å². The van der Waals surface area contributed by atoms with Gasteiger partial charge in [-0.1, -0.05) is 35.5 Å². The first kappa shape index (κ1) is 32.0. The fourth-order valence-electron chi connectivity index (χ4n) is 8.19. The highest BCUT2D eigenvalue weighted by Crippen LogP contribution is 2.68. The third-order valence-electron chi connectivity index (χ3n) is 10.5.